The standard InChI is InChI=1S/C24H30N2O5/c1-14(2)17-10-9-15(3)11-19(17)31-21(27)13-26-22(28)24(4,25-23(26)29)20-12-16-7-5-6-8-18(16)30-20/h5-8,12,14-15,17,19H,9-11,13H2,1-4H3,(H,25,29)/t15-,17-,19+,24-/m1/s1. The van der Waals surface area contributed by atoms with Gasteiger partial charge < -0.3 is 14.5 Å². The first-order valence-corrected chi connectivity index (χ1v) is 11.0. The molecule has 0 unspecified atom stereocenters. The number of nitrogens with zero attached hydrogens (tertiary/aromatic N) is 1. The van der Waals surface area contributed by atoms with Gasteiger partial charge in [-0.15, -0.1) is 0 Å². The first kappa shape index (κ1) is 21.4. The van der Waals surface area contributed by atoms with Crippen LogP contribution in [0.15, 0.2) is 34.7 Å². The number of urea groups is 1. The fourth-order valence-electron chi connectivity index (χ4n) is 4.82. The highest BCUT2D eigenvalue weighted by molar-refractivity contribution is 6.08. The minimum Gasteiger partial charge on any atom is -0.461 e. The summed E-state index contributed by atoms with van der Waals surface area (Å²) in [6.45, 7) is 7.62. The third-order valence-electron chi connectivity index (χ3n) is 6.72. The number of benzene rings is 1. The van der Waals surface area contributed by atoms with Crippen molar-refractivity contribution in [2.24, 2.45) is 17.8 Å². The molecule has 1 aliphatic carbocycles. The molecule has 2 aliphatic rings. The van der Waals surface area contributed by atoms with Crippen LogP contribution in [0.1, 0.15) is 52.7 Å². The molecule has 4 atom stereocenters. The van der Waals surface area contributed by atoms with Crippen molar-refractivity contribution < 1.29 is 23.5 Å². The summed E-state index contributed by atoms with van der Waals surface area (Å²) in [6.07, 6.45) is 2.77. The van der Waals surface area contributed by atoms with E-state index >= 15 is 0 Å². The van der Waals surface area contributed by atoms with E-state index in [9.17, 15) is 14.4 Å². The first-order valence-electron chi connectivity index (χ1n) is 11.0. The van der Waals surface area contributed by atoms with Crippen molar-refractivity contribution >= 4 is 28.9 Å². The topological polar surface area (TPSA) is 88.8 Å². The molecule has 31 heavy (non-hydrogen) atoms. The lowest BCUT2D eigenvalue weighted by Gasteiger charge is -2.36. The number of fused-ring (bicyclic) bond motifs is 1. The first-order chi connectivity index (χ1) is 14.7. The molecule has 0 bridgehead atoms. The van der Waals surface area contributed by atoms with Gasteiger partial charge in [-0.3, -0.25) is 14.5 Å². The van der Waals surface area contributed by atoms with Crippen molar-refractivity contribution in [3.63, 3.8) is 0 Å². The maximum absolute atomic E-state index is 13.1. The van der Waals surface area contributed by atoms with E-state index in [1.165, 1.54) is 0 Å². The lowest BCUT2D eigenvalue weighted by molar-refractivity contribution is -0.158. The minimum absolute atomic E-state index is 0.182. The van der Waals surface area contributed by atoms with Crippen LogP contribution in [0.4, 0.5) is 4.79 Å². The Morgan fingerprint density at radius 1 is 1.29 bits per heavy atom. The Hall–Kier alpha value is -2.83. The summed E-state index contributed by atoms with van der Waals surface area (Å²) in [5, 5.41) is 3.52. The summed E-state index contributed by atoms with van der Waals surface area (Å²) in [5.74, 6) is 0.445. The number of rotatable bonds is 5. The zero-order valence-electron chi connectivity index (χ0n) is 18.5. The van der Waals surface area contributed by atoms with Gasteiger partial charge in [-0.05, 0) is 49.7 Å². The van der Waals surface area contributed by atoms with Crippen LogP contribution >= 0.6 is 0 Å². The zero-order valence-corrected chi connectivity index (χ0v) is 18.5. The molecule has 1 saturated carbocycles. The number of ether oxygens (including phenoxy) is 1. The molecule has 166 valence electrons. The molecule has 7 nitrogen and oxygen atoms in total. The van der Waals surface area contributed by atoms with E-state index in [-0.39, 0.29) is 6.10 Å². The second-order valence-electron chi connectivity index (χ2n) is 9.45. The quantitative estimate of drug-likeness (QED) is 0.572. The molecule has 1 aromatic carbocycles. The highest BCUT2D eigenvalue weighted by Crippen LogP contribution is 2.36. The van der Waals surface area contributed by atoms with Gasteiger partial charge in [0.1, 0.15) is 24.0 Å². The van der Waals surface area contributed by atoms with E-state index in [0.717, 1.165) is 29.5 Å². The Labute approximate surface area is 182 Å². The second kappa shape index (κ2) is 8.02. The predicted molar refractivity (Wildman–Crippen MR) is 115 cm³/mol. The van der Waals surface area contributed by atoms with E-state index in [1.54, 1.807) is 19.1 Å². The number of para-hydroxylation sites is 1. The van der Waals surface area contributed by atoms with Crippen LogP contribution in [0.2, 0.25) is 0 Å². The third kappa shape index (κ3) is 3.93. The number of hydrogen-bond acceptors (Lipinski definition) is 5. The average molecular weight is 427 g/mol. The van der Waals surface area contributed by atoms with Gasteiger partial charge in [-0.1, -0.05) is 45.4 Å². The number of amides is 3. The maximum Gasteiger partial charge on any atom is 0.326 e. The number of esters is 1. The molecular weight excluding hydrogens is 396 g/mol. The lowest BCUT2D eigenvalue weighted by atomic mass is 9.75. The molecule has 0 spiro atoms. The second-order valence-corrected chi connectivity index (χ2v) is 9.45. The van der Waals surface area contributed by atoms with Gasteiger partial charge in [0.2, 0.25) is 0 Å². The van der Waals surface area contributed by atoms with Gasteiger partial charge in [0.25, 0.3) is 5.91 Å². The van der Waals surface area contributed by atoms with Crippen molar-refractivity contribution in [3.8, 4) is 0 Å². The summed E-state index contributed by atoms with van der Waals surface area (Å²) in [4.78, 5) is 39.4. The molecule has 2 heterocycles. The molecule has 2 aromatic rings. The summed E-state index contributed by atoms with van der Waals surface area (Å²) < 4.78 is 11.6. The van der Waals surface area contributed by atoms with E-state index in [4.69, 9.17) is 9.15 Å². The van der Waals surface area contributed by atoms with Gasteiger partial charge >= 0.3 is 12.0 Å². The van der Waals surface area contributed by atoms with Crippen LogP contribution < -0.4 is 5.32 Å². The molecule has 1 aliphatic heterocycles. The molecule has 0 radical (unpaired) electrons. The molecular formula is C24H30N2O5. The van der Waals surface area contributed by atoms with Crippen LogP contribution in [0, 0.1) is 17.8 Å². The number of furan rings is 1. The van der Waals surface area contributed by atoms with Gasteiger partial charge in [-0.2, -0.15) is 0 Å². The van der Waals surface area contributed by atoms with Crippen LogP contribution in [0.3, 0.4) is 0 Å². The monoisotopic (exact) mass is 426 g/mol. The summed E-state index contributed by atoms with van der Waals surface area (Å²) in [7, 11) is 0. The van der Waals surface area contributed by atoms with E-state index < -0.39 is 30.0 Å². The van der Waals surface area contributed by atoms with E-state index in [1.807, 2.05) is 18.2 Å². The summed E-state index contributed by atoms with van der Waals surface area (Å²) in [5.41, 5.74) is -0.735. The van der Waals surface area contributed by atoms with Gasteiger partial charge in [0, 0.05) is 5.39 Å². The van der Waals surface area contributed by atoms with Crippen molar-refractivity contribution in [1.29, 1.82) is 0 Å². The highest BCUT2D eigenvalue weighted by Gasteiger charge is 2.52. The van der Waals surface area contributed by atoms with E-state index in [2.05, 4.69) is 26.1 Å². The third-order valence-corrected chi connectivity index (χ3v) is 6.72. The van der Waals surface area contributed by atoms with Crippen molar-refractivity contribution in [1.82, 2.24) is 10.2 Å². The van der Waals surface area contributed by atoms with Crippen LogP contribution in [0.5, 0.6) is 0 Å². The van der Waals surface area contributed by atoms with Crippen molar-refractivity contribution in [2.45, 2.75) is 58.6 Å². The maximum atomic E-state index is 13.1. The minimum atomic E-state index is -1.36. The molecule has 1 aromatic heterocycles. The van der Waals surface area contributed by atoms with Crippen LogP contribution in [-0.2, 0) is 19.9 Å². The Balaban J connectivity index is 1.48. The Morgan fingerprint density at radius 3 is 2.74 bits per heavy atom. The summed E-state index contributed by atoms with van der Waals surface area (Å²) >= 11 is 0. The number of carbonyl (C=O) groups is 3. The fraction of sp³-hybridized carbons (Fsp3) is 0.542. The normalized spacial score (nSPS) is 28.9. The Bertz CT molecular complexity index is 979. The number of carbonyl (C=O) groups excluding carboxylic acids is 3. The molecule has 1 saturated heterocycles. The Morgan fingerprint density at radius 2 is 2.03 bits per heavy atom. The predicted octanol–water partition coefficient (Wildman–Crippen LogP) is 4.20. The molecule has 2 fully saturated rings. The van der Waals surface area contributed by atoms with Gasteiger partial charge in [-0.25, -0.2) is 4.79 Å². The molecule has 4 rings (SSSR count). The number of imide groups is 1. The largest absolute Gasteiger partial charge is 0.461 e. The lowest BCUT2D eigenvalue weighted by Crippen LogP contribution is -2.42. The van der Waals surface area contributed by atoms with Gasteiger partial charge in [0.05, 0.1) is 0 Å². The fourth-order valence-corrected chi connectivity index (χ4v) is 4.82. The van der Waals surface area contributed by atoms with Gasteiger partial charge in [0.15, 0.2) is 5.54 Å². The highest BCUT2D eigenvalue weighted by atomic mass is 16.5. The summed E-state index contributed by atoms with van der Waals surface area (Å²) in [6, 6.07) is 8.51. The molecule has 7 heteroatoms. The zero-order chi connectivity index (χ0) is 22.3. The van der Waals surface area contributed by atoms with Crippen LogP contribution in [-0.4, -0.2) is 35.5 Å². The molecule has 1 N–H and O–H groups in total. The average Bonchev–Trinajstić information content (AvgIpc) is 3.24. The SMILES string of the molecule is CC(C)[C@H]1CC[C@@H](C)C[C@@H]1OC(=O)CN1C(=O)N[C@](C)(c2cc3ccccc3o2)C1=O. The number of hydrogen-bond donors (Lipinski definition) is 1. The molecule has 3 amide bonds. The van der Waals surface area contributed by atoms with Crippen LogP contribution in [0.25, 0.3) is 11.0 Å². The van der Waals surface area contributed by atoms with E-state index in [0.29, 0.717) is 29.1 Å². The Kier molecular flexibility index (Phi) is 5.54. The van der Waals surface area contributed by atoms with Crippen molar-refractivity contribution in [2.75, 3.05) is 6.54 Å². The van der Waals surface area contributed by atoms with Crippen molar-refractivity contribution in [3.05, 3.63) is 36.1 Å². The number of nitrogens with one attached hydrogen (secondary N) is 1. The smallest absolute Gasteiger partial charge is 0.326 e.